The van der Waals surface area contributed by atoms with Gasteiger partial charge in [0, 0.05) is 30.5 Å². The van der Waals surface area contributed by atoms with Gasteiger partial charge in [-0.3, -0.25) is 19.7 Å². The van der Waals surface area contributed by atoms with Crippen LogP contribution in [0.15, 0.2) is 41.8 Å². The lowest BCUT2D eigenvalue weighted by Crippen LogP contribution is -2.39. The first kappa shape index (κ1) is 26.7. The van der Waals surface area contributed by atoms with Crippen LogP contribution in [0.25, 0.3) is 11.3 Å². The lowest BCUT2D eigenvalue weighted by Gasteiger charge is -2.26. The van der Waals surface area contributed by atoms with Crippen LogP contribution in [0.4, 0.5) is 13.9 Å². The Morgan fingerprint density at radius 1 is 1.08 bits per heavy atom. The van der Waals surface area contributed by atoms with Gasteiger partial charge in [0.1, 0.15) is 12.4 Å². The predicted molar refractivity (Wildman–Crippen MR) is 138 cm³/mol. The van der Waals surface area contributed by atoms with E-state index in [-0.39, 0.29) is 30.4 Å². The molecule has 3 aromatic rings. The highest BCUT2D eigenvalue weighted by Crippen LogP contribution is 2.36. The molecule has 204 valence electrons. The largest absolute Gasteiger partial charge is 0.486 e. The first-order valence-corrected chi connectivity index (χ1v) is 13.2. The standard InChI is InChI=1S/C27H25F2N3O6S/c28-21-7-5-20(22-15-39-27(30-22)32-9-11-36-12-10-32)25(24(21)29)38-14-17(33)13-37-18-3-1-16(2-4-18)19-6-8-23(34)31-26(19)35/h1-5,7,15,19H,6,8-14H2,(H,31,34,35). The summed E-state index contributed by atoms with van der Waals surface area (Å²) < 4.78 is 45.0. The van der Waals surface area contributed by atoms with Crippen LogP contribution in [0.1, 0.15) is 24.3 Å². The number of carbonyl (C=O) groups excluding carboxylic acids is 3. The van der Waals surface area contributed by atoms with Crippen LogP contribution in [-0.2, 0) is 19.1 Å². The molecular formula is C27H25F2N3O6S. The number of nitrogens with one attached hydrogen (secondary N) is 1. The number of halogens is 2. The third kappa shape index (κ3) is 6.23. The number of hydrogen-bond acceptors (Lipinski definition) is 9. The van der Waals surface area contributed by atoms with Gasteiger partial charge in [-0.15, -0.1) is 11.3 Å². The normalized spacial score (nSPS) is 17.6. The number of rotatable bonds is 9. The number of ketones is 1. The third-order valence-electron chi connectivity index (χ3n) is 6.40. The number of morpholine rings is 1. The van der Waals surface area contributed by atoms with E-state index in [0.717, 1.165) is 16.8 Å². The van der Waals surface area contributed by atoms with E-state index < -0.39 is 35.7 Å². The summed E-state index contributed by atoms with van der Waals surface area (Å²) in [5, 5.41) is 4.78. The molecule has 2 aliphatic rings. The number of aromatic nitrogens is 1. The van der Waals surface area contributed by atoms with Crippen molar-refractivity contribution in [1.29, 1.82) is 0 Å². The molecule has 1 N–H and O–H groups in total. The SMILES string of the molecule is O=C(COc1ccc(C2CCC(=O)NC2=O)cc1)COc1c(-c2csc(N3CCOCC3)n2)ccc(F)c1F. The second-order valence-corrected chi connectivity index (χ2v) is 9.88. The number of piperidine rings is 1. The molecule has 1 aromatic heterocycles. The second-order valence-electron chi connectivity index (χ2n) is 9.04. The van der Waals surface area contributed by atoms with Gasteiger partial charge in [-0.25, -0.2) is 9.37 Å². The Kier molecular flexibility index (Phi) is 8.13. The van der Waals surface area contributed by atoms with E-state index in [1.165, 1.54) is 17.4 Å². The topological polar surface area (TPSA) is 107 Å². The van der Waals surface area contributed by atoms with E-state index in [9.17, 15) is 23.2 Å². The number of hydrogen-bond donors (Lipinski definition) is 1. The van der Waals surface area contributed by atoms with Crippen molar-refractivity contribution < 1.29 is 37.4 Å². The molecular weight excluding hydrogens is 532 g/mol. The van der Waals surface area contributed by atoms with Crippen molar-refractivity contribution in [3.63, 3.8) is 0 Å². The van der Waals surface area contributed by atoms with Gasteiger partial charge >= 0.3 is 0 Å². The number of imide groups is 1. The molecule has 12 heteroatoms. The average molecular weight is 558 g/mol. The Bertz CT molecular complexity index is 1370. The van der Waals surface area contributed by atoms with Crippen molar-refractivity contribution in [3.8, 4) is 22.8 Å². The van der Waals surface area contributed by atoms with Gasteiger partial charge in [0.05, 0.1) is 24.8 Å². The highest BCUT2D eigenvalue weighted by molar-refractivity contribution is 7.14. The van der Waals surface area contributed by atoms with E-state index in [1.807, 2.05) is 0 Å². The minimum absolute atomic E-state index is 0.238. The highest BCUT2D eigenvalue weighted by Gasteiger charge is 2.28. The van der Waals surface area contributed by atoms with Crippen LogP contribution in [0, 0.1) is 11.6 Å². The highest BCUT2D eigenvalue weighted by atomic mass is 32.1. The molecule has 2 aromatic carbocycles. The van der Waals surface area contributed by atoms with Gasteiger partial charge in [0.2, 0.25) is 23.4 Å². The second kappa shape index (κ2) is 11.9. The summed E-state index contributed by atoms with van der Waals surface area (Å²) in [5.74, 6) is -3.86. The van der Waals surface area contributed by atoms with Crippen molar-refractivity contribution in [3.05, 3.63) is 59.0 Å². The van der Waals surface area contributed by atoms with E-state index in [2.05, 4.69) is 15.2 Å². The molecule has 2 saturated heterocycles. The van der Waals surface area contributed by atoms with Crippen LogP contribution in [-0.4, -0.2) is 62.1 Å². The van der Waals surface area contributed by atoms with Crippen molar-refractivity contribution in [2.24, 2.45) is 0 Å². The van der Waals surface area contributed by atoms with Crippen LogP contribution in [0.3, 0.4) is 0 Å². The molecule has 2 amide bonds. The molecule has 0 aliphatic carbocycles. The van der Waals surface area contributed by atoms with Gasteiger partial charge in [0.15, 0.2) is 23.3 Å². The van der Waals surface area contributed by atoms with Crippen LogP contribution in [0.5, 0.6) is 11.5 Å². The van der Waals surface area contributed by atoms with Crippen LogP contribution in [0.2, 0.25) is 0 Å². The van der Waals surface area contributed by atoms with Crippen LogP contribution >= 0.6 is 11.3 Å². The molecule has 9 nitrogen and oxygen atoms in total. The smallest absolute Gasteiger partial charge is 0.234 e. The number of thiazole rings is 1. The molecule has 0 bridgehead atoms. The van der Waals surface area contributed by atoms with Gasteiger partial charge in [0.25, 0.3) is 0 Å². The molecule has 39 heavy (non-hydrogen) atoms. The van der Waals surface area contributed by atoms with E-state index in [1.54, 1.807) is 29.6 Å². The minimum Gasteiger partial charge on any atom is -0.486 e. The first-order valence-electron chi connectivity index (χ1n) is 12.4. The fourth-order valence-electron chi connectivity index (χ4n) is 4.33. The molecule has 3 heterocycles. The zero-order chi connectivity index (χ0) is 27.4. The molecule has 2 fully saturated rings. The Morgan fingerprint density at radius 2 is 1.82 bits per heavy atom. The lowest BCUT2D eigenvalue weighted by atomic mass is 9.90. The number of anilines is 1. The van der Waals surface area contributed by atoms with Crippen LogP contribution < -0.4 is 19.7 Å². The number of carbonyl (C=O) groups is 3. The number of nitrogens with zero attached hydrogens (tertiary/aromatic N) is 2. The van der Waals surface area contributed by atoms with Gasteiger partial charge in [-0.05, 0) is 36.2 Å². The van der Waals surface area contributed by atoms with Crippen molar-refractivity contribution in [2.75, 3.05) is 44.4 Å². The average Bonchev–Trinajstić information content (AvgIpc) is 3.44. The lowest BCUT2D eigenvalue weighted by molar-refractivity contribution is -0.134. The molecule has 0 saturated carbocycles. The molecule has 0 radical (unpaired) electrons. The maximum atomic E-state index is 14.7. The number of Topliss-reactive ketones (excluding diaryl/α,β-unsaturated/α-hetero) is 1. The van der Waals surface area contributed by atoms with Crippen molar-refractivity contribution >= 4 is 34.1 Å². The zero-order valence-corrected chi connectivity index (χ0v) is 21.6. The molecule has 5 rings (SSSR count). The van der Waals surface area contributed by atoms with Crippen molar-refractivity contribution in [1.82, 2.24) is 10.3 Å². The number of benzene rings is 2. The minimum atomic E-state index is -1.20. The van der Waals surface area contributed by atoms with Gasteiger partial charge in [-0.1, -0.05) is 12.1 Å². The molecule has 1 unspecified atom stereocenters. The molecule has 1 atom stereocenters. The summed E-state index contributed by atoms with van der Waals surface area (Å²) in [7, 11) is 0. The van der Waals surface area contributed by atoms with E-state index >= 15 is 0 Å². The number of amides is 2. The fraction of sp³-hybridized carbons (Fsp3) is 0.333. The van der Waals surface area contributed by atoms with Gasteiger partial charge in [-0.2, -0.15) is 4.39 Å². The van der Waals surface area contributed by atoms with E-state index in [4.69, 9.17) is 14.2 Å². The Hall–Kier alpha value is -3.90. The summed E-state index contributed by atoms with van der Waals surface area (Å²) >= 11 is 1.37. The fourth-order valence-corrected chi connectivity index (χ4v) is 5.21. The quantitative estimate of drug-likeness (QED) is 0.399. The molecule has 2 aliphatic heterocycles. The molecule has 0 spiro atoms. The van der Waals surface area contributed by atoms with Crippen molar-refractivity contribution in [2.45, 2.75) is 18.8 Å². The van der Waals surface area contributed by atoms with E-state index in [0.29, 0.717) is 44.2 Å². The Labute approximate surface area is 226 Å². The Balaban J connectivity index is 1.19. The van der Waals surface area contributed by atoms with Gasteiger partial charge < -0.3 is 19.1 Å². The maximum Gasteiger partial charge on any atom is 0.234 e. The first-order chi connectivity index (χ1) is 18.9. The summed E-state index contributed by atoms with van der Waals surface area (Å²) in [6, 6.07) is 9.00. The summed E-state index contributed by atoms with van der Waals surface area (Å²) in [6.07, 6.45) is 0.697. The number of ether oxygens (including phenoxy) is 3. The zero-order valence-electron chi connectivity index (χ0n) is 20.8. The summed E-state index contributed by atoms with van der Waals surface area (Å²) in [5.41, 5.74) is 1.38. The maximum absolute atomic E-state index is 14.7. The summed E-state index contributed by atoms with van der Waals surface area (Å²) in [6.45, 7) is 1.64. The monoisotopic (exact) mass is 557 g/mol. The third-order valence-corrected chi connectivity index (χ3v) is 7.30. The summed E-state index contributed by atoms with van der Waals surface area (Å²) in [4.78, 5) is 42.4. The predicted octanol–water partition coefficient (Wildman–Crippen LogP) is 3.47. The Morgan fingerprint density at radius 3 is 2.56 bits per heavy atom.